The van der Waals surface area contributed by atoms with E-state index in [9.17, 15) is 24.3 Å². The van der Waals surface area contributed by atoms with Crippen molar-refractivity contribution in [3.8, 4) is 0 Å². The second-order valence-corrected chi connectivity index (χ2v) is 12.1. The van der Waals surface area contributed by atoms with Gasteiger partial charge in [-0.1, -0.05) is 23.9 Å². The first-order chi connectivity index (χ1) is 18.9. The molecule has 2 aliphatic heterocycles. The number of hydrogen-bond donors (Lipinski definition) is 4. The lowest BCUT2D eigenvalue weighted by Gasteiger charge is -2.49. The predicted octanol–water partition coefficient (Wildman–Crippen LogP) is 0.803. The van der Waals surface area contributed by atoms with E-state index in [0.717, 1.165) is 14.6 Å². The van der Waals surface area contributed by atoms with E-state index < -0.39 is 23.3 Å². The van der Waals surface area contributed by atoms with E-state index in [2.05, 4.69) is 15.6 Å². The summed E-state index contributed by atoms with van der Waals surface area (Å²) in [6.45, 7) is 0.855. The van der Waals surface area contributed by atoms with E-state index in [4.69, 9.17) is 5.73 Å². The summed E-state index contributed by atoms with van der Waals surface area (Å²) in [7, 11) is 0. The van der Waals surface area contributed by atoms with Gasteiger partial charge in [0.15, 0.2) is 23.3 Å². The number of pyridine rings is 1. The molecule has 0 aliphatic carbocycles. The van der Waals surface area contributed by atoms with Gasteiger partial charge in [-0.05, 0) is 18.2 Å². The third-order valence-electron chi connectivity index (χ3n) is 6.09. The standard InChI is InChI=1S/C25H24N6O5S3/c26-7-8-27-21(33)14-4-3-9-30(10-14)11-15-12-37-23-19(22(34)31(23)20(15)24(35)36)29-18(32)13-38-25-28-16-5-1-2-6-17(16)39-25/h1-6,9-10,19,23H,7-8,11-13,26H2,(H2-,27,29,32,33,35,36)/p+1/t19-,23-/m1/s1. The molecule has 3 amide bonds. The lowest BCUT2D eigenvalue weighted by Crippen LogP contribution is -2.71. The molecule has 11 nitrogen and oxygen atoms in total. The van der Waals surface area contributed by atoms with Gasteiger partial charge < -0.3 is 21.5 Å². The monoisotopic (exact) mass is 585 g/mol. The molecule has 0 bridgehead atoms. The van der Waals surface area contributed by atoms with Crippen LogP contribution in [0.15, 0.2) is 64.4 Å². The van der Waals surface area contributed by atoms with Crippen LogP contribution in [-0.4, -0.2) is 74.7 Å². The number of carboxylic acids is 1. The lowest BCUT2D eigenvalue weighted by atomic mass is 10.0. The Labute approximate surface area is 235 Å². The van der Waals surface area contributed by atoms with Crippen molar-refractivity contribution in [3.05, 3.63) is 65.6 Å². The van der Waals surface area contributed by atoms with Gasteiger partial charge in [-0.3, -0.25) is 19.3 Å². The van der Waals surface area contributed by atoms with Crippen molar-refractivity contribution in [1.82, 2.24) is 20.5 Å². The molecule has 202 valence electrons. The van der Waals surface area contributed by atoms with Crippen LogP contribution in [0.1, 0.15) is 10.4 Å². The van der Waals surface area contributed by atoms with Crippen molar-refractivity contribution in [1.29, 1.82) is 0 Å². The molecule has 2 aromatic heterocycles. The highest BCUT2D eigenvalue weighted by Gasteiger charge is 2.54. The summed E-state index contributed by atoms with van der Waals surface area (Å²) in [6, 6.07) is 10.3. The van der Waals surface area contributed by atoms with Crippen molar-refractivity contribution in [2.24, 2.45) is 5.73 Å². The smallest absolute Gasteiger partial charge is 0.352 e. The molecule has 2 aliphatic rings. The Morgan fingerprint density at radius 3 is 2.82 bits per heavy atom. The summed E-state index contributed by atoms with van der Waals surface area (Å²) in [6.07, 6.45) is 3.35. The average molecular weight is 586 g/mol. The summed E-state index contributed by atoms with van der Waals surface area (Å²) in [5.41, 5.74) is 7.18. The molecule has 3 aromatic rings. The average Bonchev–Trinajstić information content (AvgIpc) is 3.36. The maximum atomic E-state index is 13.0. The van der Waals surface area contributed by atoms with E-state index in [1.165, 1.54) is 39.8 Å². The minimum atomic E-state index is -1.21. The number of nitrogens with two attached hydrogens (primary N) is 1. The van der Waals surface area contributed by atoms with Crippen LogP contribution in [-0.2, 0) is 20.9 Å². The van der Waals surface area contributed by atoms with E-state index in [1.807, 2.05) is 24.3 Å². The topological polar surface area (TPSA) is 159 Å². The van der Waals surface area contributed by atoms with Crippen molar-refractivity contribution in [2.45, 2.75) is 22.3 Å². The quantitative estimate of drug-likeness (QED) is 0.153. The number of nitrogens with zero attached hydrogens (tertiary/aromatic N) is 3. The molecular formula is C25H25N6O5S3+. The van der Waals surface area contributed by atoms with Crippen LogP contribution in [0.25, 0.3) is 10.2 Å². The number of hydrogen-bond acceptors (Lipinski definition) is 9. The molecule has 39 heavy (non-hydrogen) atoms. The number of thiazole rings is 1. The molecule has 5 rings (SSSR count). The van der Waals surface area contributed by atoms with Gasteiger partial charge in [-0.15, -0.1) is 23.1 Å². The minimum Gasteiger partial charge on any atom is -0.477 e. The van der Waals surface area contributed by atoms with Crippen molar-refractivity contribution in [3.63, 3.8) is 0 Å². The number of benzene rings is 1. The number of aromatic nitrogens is 2. The van der Waals surface area contributed by atoms with Gasteiger partial charge in [0, 0.05) is 30.5 Å². The predicted molar refractivity (Wildman–Crippen MR) is 148 cm³/mol. The summed E-state index contributed by atoms with van der Waals surface area (Å²) in [5.74, 6) is -1.81. The zero-order valence-electron chi connectivity index (χ0n) is 20.5. The molecule has 0 unspecified atom stereocenters. The van der Waals surface area contributed by atoms with Crippen LogP contribution >= 0.6 is 34.9 Å². The zero-order chi connectivity index (χ0) is 27.5. The van der Waals surface area contributed by atoms with Crippen LogP contribution < -0.4 is 20.9 Å². The highest BCUT2D eigenvalue weighted by molar-refractivity contribution is 8.01. The maximum Gasteiger partial charge on any atom is 0.352 e. The fourth-order valence-electron chi connectivity index (χ4n) is 4.32. The van der Waals surface area contributed by atoms with Gasteiger partial charge in [0.05, 0.1) is 16.0 Å². The molecule has 1 aromatic carbocycles. The zero-order valence-corrected chi connectivity index (χ0v) is 23.0. The number of carbonyl (C=O) groups excluding carboxylic acids is 3. The molecule has 4 heterocycles. The van der Waals surface area contributed by atoms with Gasteiger partial charge in [0.25, 0.3) is 11.8 Å². The van der Waals surface area contributed by atoms with Crippen molar-refractivity contribution in [2.75, 3.05) is 24.6 Å². The number of carbonyl (C=O) groups is 4. The number of thioether (sulfide) groups is 2. The SMILES string of the molecule is NCCNC(=O)c1ccc[n+](CC2=C(C(=O)O)N3C(=O)[C@@H](NC(=O)CSc4nc5ccccc5s4)[C@H]3SC2)c1. The fraction of sp³-hybridized carbons (Fsp3) is 0.280. The van der Waals surface area contributed by atoms with Gasteiger partial charge in [-0.25, -0.2) is 14.3 Å². The number of rotatable bonds is 10. The maximum absolute atomic E-state index is 13.0. The number of fused-ring (bicyclic) bond motifs is 2. The van der Waals surface area contributed by atoms with Gasteiger partial charge in [0.1, 0.15) is 22.7 Å². The highest BCUT2D eigenvalue weighted by atomic mass is 32.2. The van der Waals surface area contributed by atoms with E-state index in [1.54, 1.807) is 29.1 Å². The number of aliphatic carboxylic acids is 1. The Morgan fingerprint density at radius 1 is 1.23 bits per heavy atom. The minimum absolute atomic E-state index is 0.0800. The Bertz CT molecular complexity index is 1460. The van der Waals surface area contributed by atoms with Crippen LogP contribution in [0.5, 0.6) is 0 Å². The van der Waals surface area contributed by atoms with Gasteiger partial charge in [0.2, 0.25) is 5.91 Å². The van der Waals surface area contributed by atoms with E-state index in [0.29, 0.717) is 30.0 Å². The molecule has 0 saturated carbocycles. The number of β-lactam (4-membered cyclic amide) rings is 1. The first-order valence-corrected chi connectivity index (χ1v) is 14.9. The highest BCUT2D eigenvalue weighted by Crippen LogP contribution is 2.40. The Morgan fingerprint density at radius 2 is 2.05 bits per heavy atom. The van der Waals surface area contributed by atoms with Crippen molar-refractivity contribution < 1.29 is 28.9 Å². The lowest BCUT2D eigenvalue weighted by molar-refractivity contribution is -0.689. The number of carboxylic acid groups (broad SMARTS) is 1. The molecule has 2 atom stereocenters. The number of amides is 3. The molecule has 0 spiro atoms. The second-order valence-electron chi connectivity index (χ2n) is 8.76. The van der Waals surface area contributed by atoms with E-state index >= 15 is 0 Å². The summed E-state index contributed by atoms with van der Waals surface area (Å²) >= 11 is 4.20. The van der Waals surface area contributed by atoms with Crippen LogP contribution in [0.2, 0.25) is 0 Å². The molecule has 0 radical (unpaired) electrons. The summed E-state index contributed by atoms with van der Waals surface area (Å²) in [4.78, 5) is 55.8. The normalized spacial score (nSPS) is 18.5. The third kappa shape index (κ3) is 5.78. The Kier molecular flexibility index (Phi) is 8.16. The molecule has 1 saturated heterocycles. The number of para-hydroxylation sites is 1. The van der Waals surface area contributed by atoms with Crippen LogP contribution in [0.4, 0.5) is 0 Å². The first-order valence-electron chi connectivity index (χ1n) is 12.0. The number of nitrogens with one attached hydrogen (secondary N) is 2. The van der Waals surface area contributed by atoms with Gasteiger partial charge in [-0.2, -0.15) is 0 Å². The summed E-state index contributed by atoms with van der Waals surface area (Å²) in [5, 5.41) is 14.9. The first kappa shape index (κ1) is 27.1. The Balaban J connectivity index is 1.23. The van der Waals surface area contributed by atoms with Crippen LogP contribution in [0, 0.1) is 0 Å². The van der Waals surface area contributed by atoms with Crippen LogP contribution in [0.3, 0.4) is 0 Å². The largest absolute Gasteiger partial charge is 0.477 e. The molecular weight excluding hydrogens is 561 g/mol. The van der Waals surface area contributed by atoms with E-state index in [-0.39, 0.29) is 29.8 Å². The summed E-state index contributed by atoms with van der Waals surface area (Å²) < 4.78 is 3.51. The second kappa shape index (κ2) is 11.7. The molecule has 5 N–H and O–H groups in total. The van der Waals surface area contributed by atoms with Crippen molar-refractivity contribution >= 4 is 68.8 Å². The van der Waals surface area contributed by atoms with Gasteiger partial charge >= 0.3 is 5.97 Å². The third-order valence-corrected chi connectivity index (χ3v) is 9.61. The fourth-order valence-corrected chi connectivity index (χ4v) is 7.54. The Hall–Kier alpha value is -3.46. The molecule has 1 fully saturated rings. The molecule has 14 heteroatoms.